The minimum absolute atomic E-state index is 0.473. The first-order valence-electron chi connectivity index (χ1n) is 9.30. The normalized spacial score (nSPS) is 17.2. The Labute approximate surface area is 151 Å². The molecule has 1 aromatic heterocycles. The number of hydrogen-bond donors (Lipinski definition) is 2. The van der Waals surface area contributed by atoms with E-state index < -0.39 is 0 Å². The Kier molecular flexibility index (Phi) is 8.21. The highest BCUT2D eigenvalue weighted by Gasteiger charge is 2.19. The summed E-state index contributed by atoms with van der Waals surface area (Å²) in [5, 5.41) is 6.95. The third-order valence-corrected chi connectivity index (χ3v) is 4.54. The summed E-state index contributed by atoms with van der Waals surface area (Å²) < 4.78 is 7.37. The van der Waals surface area contributed by atoms with Gasteiger partial charge in [0, 0.05) is 58.8 Å². The van der Waals surface area contributed by atoms with E-state index in [9.17, 15) is 0 Å². The van der Waals surface area contributed by atoms with Crippen LogP contribution in [0, 0.1) is 5.92 Å². The highest BCUT2D eigenvalue weighted by Crippen LogP contribution is 2.10. The van der Waals surface area contributed by atoms with Crippen LogP contribution in [0.4, 0.5) is 0 Å². The van der Waals surface area contributed by atoms with E-state index >= 15 is 0 Å². The molecule has 142 valence electrons. The van der Waals surface area contributed by atoms with Crippen molar-refractivity contribution in [3.63, 3.8) is 0 Å². The summed E-state index contributed by atoms with van der Waals surface area (Å²) in [6, 6.07) is 0.473. The van der Waals surface area contributed by atoms with Gasteiger partial charge < -0.3 is 24.8 Å². The van der Waals surface area contributed by atoms with E-state index in [2.05, 4.69) is 43.9 Å². The number of ether oxygens (including phenoxy) is 1. The molecule has 2 rings (SSSR count). The third kappa shape index (κ3) is 6.66. The molecule has 2 N–H and O–H groups in total. The second-order valence-electron chi connectivity index (χ2n) is 7.07. The van der Waals surface area contributed by atoms with Gasteiger partial charge in [-0.15, -0.1) is 0 Å². The molecule has 1 aliphatic heterocycles. The molecule has 7 heteroatoms. The fourth-order valence-corrected chi connectivity index (χ4v) is 3.14. The average Bonchev–Trinajstić information content (AvgIpc) is 3.04. The lowest BCUT2D eigenvalue weighted by Crippen LogP contribution is -2.49. The van der Waals surface area contributed by atoms with Crippen molar-refractivity contribution >= 4 is 5.96 Å². The van der Waals surface area contributed by atoms with Crippen LogP contribution >= 0.6 is 0 Å². The van der Waals surface area contributed by atoms with Crippen LogP contribution in [0.1, 0.15) is 32.5 Å². The van der Waals surface area contributed by atoms with Gasteiger partial charge in [0.05, 0.1) is 13.2 Å². The van der Waals surface area contributed by atoms with E-state index in [0.29, 0.717) is 18.5 Å². The molecule has 0 saturated carbocycles. The molecule has 1 saturated heterocycles. The predicted molar refractivity (Wildman–Crippen MR) is 102 cm³/mol. The molecule has 7 nitrogen and oxygen atoms in total. The lowest BCUT2D eigenvalue weighted by atomic mass is 10.1. The maximum Gasteiger partial charge on any atom is 0.191 e. The van der Waals surface area contributed by atoms with Crippen LogP contribution in [0.3, 0.4) is 0 Å². The standard InChI is InChI=1S/C18H34N6O/c1-15(2)14-24-10-7-20-17(24)13-21-18(19-3)22-16-5-8-23(9-6-16)11-12-25-4/h7,10,15-16H,5-6,8-9,11-14H2,1-4H3,(H2,19,21,22). The van der Waals surface area contributed by atoms with Crippen molar-refractivity contribution in [3.8, 4) is 0 Å². The minimum atomic E-state index is 0.473. The van der Waals surface area contributed by atoms with Gasteiger partial charge in [-0.2, -0.15) is 0 Å². The Hall–Kier alpha value is -1.60. The molecular formula is C18H34N6O. The first kappa shape index (κ1) is 19.7. The molecule has 0 unspecified atom stereocenters. The number of aromatic nitrogens is 2. The molecule has 0 bridgehead atoms. The van der Waals surface area contributed by atoms with Gasteiger partial charge in [-0.3, -0.25) is 4.99 Å². The Morgan fingerprint density at radius 3 is 2.80 bits per heavy atom. The molecule has 2 heterocycles. The number of piperidine rings is 1. The van der Waals surface area contributed by atoms with Crippen molar-refractivity contribution in [2.75, 3.05) is 40.4 Å². The highest BCUT2D eigenvalue weighted by atomic mass is 16.5. The van der Waals surface area contributed by atoms with Gasteiger partial charge in [0.15, 0.2) is 5.96 Å². The summed E-state index contributed by atoms with van der Waals surface area (Å²) in [5.41, 5.74) is 0. The number of guanidine groups is 1. The van der Waals surface area contributed by atoms with E-state index in [1.165, 1.54) is 0 Å². The van der Waals surface area contributed by atoms with E-state index in [1.54, 1.807) is 7.11 Å². The molecule has 1 aliphatic rings. The van der Waals surface area contributed by atoms with E-state index in [-0.39, 0.29) is 0 Å². The van der Waals surface area contributed by atoms with Crippen LogP contribution in [0.15, 0.2) is 17.4 Å². The zero-order chi connectivity index (χ0) is 18.1. The summed E-state index contributed by atoms with van der Waals surface area (Å²) >= 11 is 0. The van der Waals surface area contributed by atoms with Gasteiger partial charge in [0.2, 0.25) is 0 Å². The third-order valence-electron chi connectivity index (χ3n) is 4.54. The van der Waals surface area contributed by atoms with Gasteiger partial charge in [-0.25, -0.2) is 4.98 Å². The summed E-state index contributed by atoms with van der Waals surface area (Å²) in [4.78, 5) is 11.3. The molecule has 0 radical (unpaired) electrons. The number of methoxy groups -OCH3 is 1. The smallest absolute Gasteiger partial charge is 0.191 e. The van der Waals surface area contributed by atoms with Crippen LogP contribution in [0.2, 0.25) is 0 Å². The van der Waals surface area contributed by atoms with Crippen molar-refractivity contribution in [2.45, 2.75) is 45.8 Å². The lowest BCUT2D eigenvalue weighted by molar-refractivity contribution is 0.128. The second kappa shape index (κ2) is 10.4. The molecule has 0 aliphatic carbocycles. The average molecular weight is 351 g/mol. The van der Waals surface area contributed by atoms with Crippen LogP contribution in [0.5, 0.6) is 0 Å². The largest absolute Gasteiger partial charge is 0.383 e. The quantitative estimate of drug-likeness (QED) is 0.547. The monoisotopic (exact) mass is 350 g/mol. The van der Waals surface area contributed by atoms with E-state index in [0.717, 1.165) is 57.4 Å². The van der Waals surface area contributed by atoms with E-state index in [1.807, 2.05) is 19.4 Å². The number of hydrogen-bond acceptors (Lipinski definition) is 4. The Morgan fingerprint density at radius 2 is 2.16 bits per heavy atom. The Morgan fingerprint density at radius 1 is 1.40 bits per heavy atom. The fraction of sp³-hybridized carbons (Fsp3) is 0.778. The predicted octanol–water partition coefficient (Wildman–Crippen LogP) is 1.31. The molecule has 0 spiro atoms. The number of aliphatic imine (C=N–C) groups is 1. The van der Waals surface area contributed by atoms with Crippen LogP contribution in [0.25, 0.3) is 0 Å². The SMILES string of the molecule is CN=C(NCc1nccn1CC(C)C)NC1CCN(CCOC)CC1. The molecular weight excluding hydrogens is 316 g/mol. The molecule has 25 heavy (non-hydrogen) atoms. The van der Waals surface area contributed by atoms with Gasteiger partial charge in [0.25, 0.3) is 0 Å². The van der Waals surface area contributed by atoms with Crippen molar-refractivity contribution < 1.29 is 4.74 Å². The Balaban J connectivity index is 1.75. The molecule has 1 fully saturated rings. The van der Waals surface area contributed by atoms with Crippen LogP contribution < -0.4 is 10.6 Å². The van der Waals surface area contributed by atoms with Gasteiger partial charge in [-0.1, -0.05) is 13.8 Å². The van der Waals surface area contributed by atoms with Crippen molar-refractivity contribution in [1.82, 2.24) is 25.1 Å². The lowest BCUT2D eigenvalue weighted by Gasteiger charge is -2.32. The summed E-state index contributed by atoms with van der Waals surface area (Å²) in [7, 11) is 3.58. The Bertz CT molecular complexity index is 519. The summed E-state index contributed by atoms with van der Waals surface area (Å²) in [6.07, 6.45) is 6.17. The van der Waals surface area contributed by atoms with E-state index in [4.69, 9.17) is 4.74 Å². The zero-order valence-corrected chi connectivity index (χ0v) is 16.2. The maximum absolute atomic E-state index is 5.16. The number of nitrogens with one attached hydrogen (secondary N) is 2. The molecule has 1 aromatic rings. The highest BCUT2D eigenvalue weighted by molar-refractivity contribution is 5.79. The second-order valence-corrected chi connectivity index (χ2v) is 7.07. The zero-order valence-electron chi connectivity index (χ0n) is 16.2. The maximum atomic E-state index is 5.16. The summed E-state index contributed by atoms with van der Waals surface area (Å²) in [6.45, 7) is 10.2. The number of likely N-dealkylation sites (tertiary alicyclic amines) is 1. The van der Waals surface area contributed by atoms with Gasteiger partial charge >= 0.3 is 0 Å². The van der Waals surface area contributed by atoms with Crippen LogP contribution in [-0.4, -0.2) is 66.9 Å². The molecule has 0 atom stereocenters. The number of nitrogens with zero attached hydrogens (tertiary/aromatic N) is 4. The first-order valence-corrected chi connectivity index (χ1v) is 9.30. The fourth-order valence-electron chi connectivity index (χ4n) is 3.14. The van der Waals surface area contributed by atoms with Gasteiger partial charge in [-0.05, 0) is 18.8 Å². The van der Waals surface area contributed by atoms with Crippen molar-refractivity contribution in [1.29, 1.82) is 0 Å². The van der Waals surface area contributed by atoms with Crippen molar-refractivity contribution in [2.24, 2.45) is 10.9 Å². The van der Waals surface area contributed by atoms with Crippen molar-refractivity contribution in [3.05, 3.63) is 18.2 Å². The van der Waals surface area contributed by atoms with Crippen LogP contribution in [-0.2, 0) is 17.8 Å². The first-order chi connectivity index (χ1) is 12.1. The number of imidazole rings is 1. The summed E-state index contributed by atoms with van der Waals surface area (Å²) in [5.74, 6) is 2.51. The topological polar surface area (TPSA) is 66.7 Å². The molecule has 0 amide bonds. The molecule has 0 aromatic carbocycles. The number of rotatable bonds is 8. The minimum Gasteiger partial charge on any atom is -0.383 e. The van der Waals surface area contributed by atoms with Gasteiger partial charge in [0.1, 0.15) is 5.82 Å².